The molecule has 2 fully saturated rings. The quantitative estimate of drug-likeness (QED) is 0.814. The Morgan fingerprint density at radius 2 is 1.94 bits per heavy atom. The van der Waals surface area contributed by atoms with Crippen molar-refractivity contribution in [1.29, 1.82) is 0 Å². The summed E-state index contributed by atoms with van der Waals surface area (Å²) in [6.45, 7) is 5.04. The highest BCUT2D eigenvalue weighted by molar-refractivity contribution is 5.47. The summed E-state index contributed by atoms with van der Waals surface area (Å²) in [5, 5.41) is 3.64. The summed E-state index contributed by atoms with van der Waals surface area (Å²) in [5.41, 5.74) is 2.76. The highest BCUT2D eigenvalue weighted by Crippen LogP contribution is 2.39. The van der Waals surface area contributed by atoms with Gasteiger partial charge in [-0.05, 0) is 55.2 Å². The van der Waals surface area contributed by atoms with E-state index in [4.69, 9.17) is 0 Å². The van der Waals surface area contributed by atoms with Crippen LogP contribution in [0.1, 0.15) is 42.7 Å². The second-order valence-electron chi connectivity index (χ2n) is 5.49. The predicted molar refractivity (Wildman–Crippen MR) is 73.0 cm³/mol. The third-order valence-corrected chi connectivity index (χ3v) is 4.55. The summed E-state index contributed by atoms with van der Waals surface area (Å²) >= 11 is 0. The zero-order valence-electron chi connectivity index (χ0n) is 10.4. The minimum atomic E-state index is 0.787. The molecule has 0 aromatic heterocycles. The topological polar surface area (TPSA) is 12.0 Å². The molecule has 3 rings (SSSR count). The molecule has 1 saturated carbocycles. The molecular formula is C16H21N. The summed E-state index contributed by atoms with van der Waals surface area (Å²) in [6.07, 6.45) is 7.39. The van der Waals surface area contributed by atoms with Gasteiger partial charge in [0.2, 0.25) is 0 Å². The lowest BCUT2D eigenvalue weighted by molar-refractivity contribution is 0.294. The van der Waals surface area contributed by atoms with Gasteiger partial charge in [-0.3, -0.25) is 0 Å². The first-order valence-electron chi connectivity index (χ1n) is 6.82. The van der Waals surface area contributed by atoms with Gasteiger partial charge in [0, 0.05) is 6.04 Å². The molecule has 1 aliphatic heterocycles. The van der Waals surface area contributed by atoms with E-state index in [1.807, 2.05) is 6.08 Å². The van der Waals surface area contributed by atoms with E-state index >= 15 is 0 Å². The van der Waals surface area contributed by atoms with Crippen molar-refractivity contribution < 1.29 is 0 Å². The first kappa shape index (κ1) is 11.0. The maximum atomic E-state index is 3.81. The largest absolute Gasteiger partial charge is 0.314 e. The van der Waals surface area contributed by atoms with Crippen LogP contribution in [0.15, 0.2) is 30.8 Å². The van der Waals surface area contributed by atoms with E-state index in [0.717, 1.165) is 17.9 Å². The second-order valence-corrected chi connectivity index (χ2v) is 5.49. The van der Waals surface area contributed by atoms with Gasteiger partial charge < -0.3 is 5.32 Å². The van der Waals surface area contributed by atoms with Crippen LogP contribution in [0, 0.1) is 5.92 Å². The molecule has 0 spiro atoms. The molecule has 1 N–H and O–H groups in total. The molecule has 1 heterocycles. The van der Waals surface area contributed by atoms with Crippen LogP contribution in [0.2, 0.25) is 0 Å². The number of fused-ring (bicyclic) bond motifs is 1. The Labute approximate surface area is 104 Å². The lowest BCUT2D eigenvalue weighted by Gasteiger charge is -2.31. The number of nitrogens with one attached hydrogen (secondary N) is 1. The zero-order chi connectivity index (χ0) is 11.7. The molecule has 1 aromatic rings. The smallest absolute Gasteiger partial charge is 0.00962 e. The molecule has 90 valence electrons. The van der Waals surface area contributed by atoms with Gasteiger partial charge >= 0.3 is 0 Å². The second kappa shape index (κ2) is 4.66. The monoisotopic (exact) mass is 227 g/mol. The number of hydrogen-bond donors (Lipinski definition) is 1. The number of benzene rings is 1. The molecule has 2 aliphatic rings. The van der Waals surface area contributed by atoms with Crippen molar-refractivity contribution in [2.75, 3.05) is 6.54 Å². The Bertz CT molecular complexity index is 392. The van der Waals surface area contributed by atoms with Crippen molar-refractivity contribution in [1.82, 2.24) is 5.32 Å². The summed E-state index contributed by atoms with van der Waals surface area (Å²) in [6, 6.07) is 9.80. The van der Waals surface area contributed by atoms with Crippen molar-refractivity contribution >= 4 is 6.08 Å². The lowest BCUT2D eigenvalue weighted by atomic mass is 9.75. The Morgan fingerprint density at radius 1 is 1.12 bits per heavy atom. The van der Waals surface area contributed by atoms with Crippen molar-refractivity contribution in [3.63, 3.8) is 0 Å². The van der Waals surface area contributed by atoms with Crippen LogP contribution in [0.4, 0.5) is 0 Å². The molecule has 0 amide bonds. The minimum absolute atomic E-state index is 0.787. The summed E-state index contributed by atoms with van der Waals surface area (Å²) in [4.78, 5) is 0. The Kier molecular flexibility index (Phi) is 3.02. The van der Waals surface area contributed by atoms with E-state index in [9.17, 15) is 0 Å². The van der Waals surface area contributed by atoms with Gasteiger partial charge in [0.25, 0.3) is 0 Å². The fraction of sp³-hybridized carbons (Fsp3) is 0.500. The van der Waals surface area contributed by atoms with Gasteiger partial charge in [0.15, 0.2) is 0 Å². The van der Waals surface area contributed by atoms with Crippen molar-refractivity contribution in [3.05, 3.63) is 42.0 Å². The van der Waals surface area contributed by atoms with Crippen molar-refractivity contribution in [2.45, 2.75) is 37.6 Å². The highest BCUT2D eigenvalue weighted by atomic mass is 15.0. The van der Waals surface area contributed by atoms with E-state index < -0.39 is 0 Å². The fourth-order valence-electron chi connectivity index (χ4n) is 3.51. The van der Waals surface area contributed by atoms with Gasteiger partial charge in [-0.25, -0.2) is 0 Å². The molecule has 1 aromatic carbocycles. The van der Waals surface area contributed by atoms with Gasteiger partial charge in [0.05, 0.1) is 0 Å². The Balaban J connectivity index is 1.73. The van der Waals surface area contributed by atoms with Crippen molar-refractivity contribution in [2.24, 2.45) is 5.92 Å². The lowest BCUT2D eigenvalue weighted by Crippen LogP contribution is -2.32. The van der Waals surface area contributed by atoms with Crippen LogP contribution in [0.25, 0.3) is 6.08 Å². The molecule has 1 aliphatic carbocycles. The van der Waals surface area contributed by atoms with Crippen molar-refractivity contribution in [3.8, 4) is 0 Å². The van der Waals surface area contributed by atoms with Crippen LogP contribution < -0.4 is 5.32 Å². The van der Waals surface area contributed by atoms with Gasteiger partial charge in [0.1, 0.15) is 0 Å². The molecule has 0 bridgehead atoms. The summed E-state index contributed by atoms with van der Waals surface area (Å²) in [7, 11) is 0. The van der Waals surface area contributed by atoms with Gasteiger partial charge in [-0.2, -0.15) is 0 Å². The average Bonchev–Trinajstić information content (AvgIpc) is 2.86. The van der Waals surface area contributed by atoms with E-state index in [-0.39, 0.29) is 0 Å². The molecule has 1 unspecified atom stereocenters. The first-order chi connectivity index (χ1) is 8.36. The average molecular weight is 227 g/mol. The normalized spacial score (nSPS) is 32.1. The molecule has 3 atom stereocenters. The predicted octanol–water partition coefficient (Wildman–Crippen LogP) is 3.58. The fourth-order valence-corrected chi connectivity index (χ4v) is 3.51. The molecule has 1 nitrogen and oxygen atoms in total. The van der Waals surface area contributed by atoms with Crippen LogP contribution in [-0.2, 0) is 0 Å². The number of rotatable bonds is 2. The molecular weight excluding hydrogens is 206 g/mol. The highest BCUT2D eigenvalue weighted by Gasteiger charge is 2.33. The SMILES string of the molecule is C=Cc1ccc([C@H]2CCC3NCC[C@H]3C2)cc1. The van der Waals surface area contributed by atoms with Gasteiger partial charge in [-0.15, -0.1) is 0 Å². The summed E-state index contributed by atoms with van der Waals surface area (Å²) in [5.74, 6) is 1.71. The van der Waals surface area contributed by atoms with Crippen LogP contribution in [0.5, 0.6) is 0 Å². The third kappa shape index (κ3) is 2.16. The molecule has 17 heavy (non-hydrogen) atoms. The third-order valence-electron chi connectivity index (χ3n) is 4.55. The maximum absolute atomic E-state index is 3.81. The standard InChI is InChI=1S/C16H21N/c1-2-12-3-5-13(6-4-12)14-7-8-16-15(11-14)9-10-17-16/h2-6,14-17H,1,7-11H2/t14-,15-,16?/m0/s1. The maximum Gasteiger partial charge on any atom is 0.00962 e. The molecule has 1 heteroatoms. The summed E-state index contributed by atoms with van der Waals surface area (Å²) < 4.78 is 0. The van der Waals surface area contributed by atoms with Gasteiger partial charge in [-0.1, -0.05) is 36.9 Å². The minimum Gasteiger partial charge on any atom is -0.314 e. The molecule has 1 saturated heterocycles. The number of hydrogen-bond acceptors (Lipinski definition) is 1. The van der Waals surface area contributed by atoms with E-state index in [0.29, 0.717) is 0 Å². The van der Waals surface area contributed by atoms with Crippen LogP contribution in [-0.4, -0.2) is 12.6 Å². The Hall–Kier alpha value is -1.08. The zero-order valence-corrected chi connectivity index (χ0v) is 10.4. The van der Waals surface area contributed by atoms with Crippen LogP contribution >= 0.6 is 0 Å². The Morgan fingerprint density at radius 3 is 2.71 bits per heavy atom. The van der Waals surface area contributed by atoms with E-state index in [2.05, 4.69) is 36.2 Å². The molecule has 0 radical (unpaired) electrons. The van der Waals surface area contributed by atoms with E-state index in [1.54, 1.807) is 0 Å². The first-order valence-corrected chi connectivity index (χ1v) is 6.82. The van der Waals surface area contributed by atoms with Crippen LogP contribution in [0.3, 0.4) is 0 Å². The van der Waals surface area contributed by atoms with E-state index in [1.165, 1.54) is 43.4 Å².